The minimum atomic E-state index is -3.46. The summed E-state index contributed by atoms with van der Waals surface area (Å²) in [5.41, 5.74) is 5.81. The second-order valence-electron chi connectivity index (χ2n) is 10.2. The maximum absolute atomic E-state index is 13.3. The Balaban J connectivity index is 1.46. The van der Waals surface area contributed by atoms with Gasteiger partial charge in [-0.05, 0) is 54.9 Å². The maximum atomic E-state index is 13.3. The number of nitrogens with one attached hydrogen (secondary N) is 3. The lowest BCUT2D eigenvalue weighted by atomic mass is 9.99. The number of benzene rings is 3. The molecule has 0 atom stereocenters. The van der Waals surface area contributed by atoms with Crippen LogP contribution in [-0.4, -0.2) is 63.1 Å². The third-order valence-electron chi connectivity index (χ3n) is 7.05. The molecular formula is C30H35N5O3S. The number of nitrogens with zero attached hydrogens (tertiary/aromatic N) is 2. The lowest BCUT2D eigenvalue weighted by Crippen LogP contribution is -2.43. The number of carbonyl (C=O) groups is 1. The van der Waals surface area contributed by atoms with Gasteiger partial charge in [-0.3, -0.25) is 14.4 Å². The molecule has 204 valence electrons. The molecule has 8 nitrogen and oxygen atoms in total. The van der Waals surface area contributed by atoms with Crippen molar-refractivity contribution in [2.75, 3.05) is 54.3 Å². The monoisotopic (exact) mass is 545 g/mol. The summed E-state index contributed by atoms with van der Waals surface area (Å²) in [4.78, 5) is 18.1. The molecule has 2 aliphatic heterocycles. The van der Waals surface area contributed by atoms with Crippen molar-refractivity contribution in [2.24, 2.45) is 0 Å². The van der Waals surface area contributed by atoms with Gasteiger partial charge in [0.05, 0.1) is 17.0 Å². The van der Waals surface area contributed by atoms with Gasteiger partial charge in [-0.25, -0.2) is 8.42 Å². The molecule has 9 heteroatoms. The molecule has 2 heterocycles. The Morgan fingerprint density at radius 3 is 2.31 bits per heavy atom. The summed E-state index contributed by atoms with van der Waals surface area (Å²) in [6, 6.07) is 23.2. The van der Waals surface area contributed by atoms with E-state index >= 15 is 0 Å². The third kappa shape index (κ3) is 6.50. The molecule has 0 unspecified atom stereocenters. The van der Waals surface area contributed by atoms with Crippen molar-refractivity contribution < 1.29 is 13.2 Å². The van der Waals surface area contributed by atoms with Crippen LogP contribution in [0.25, 0.3) is 11.3 Å². The first-order valence-electron chi connectivity index (χ1n) is 13.3. The number of carbonyl (C=O) groups excluding carboxylic acids is 1. The molecule has 5 rings (SSSR count). The lowest BCUT2D eigenvalue weighted by molar-refractivity contribution is -0.110. The molecule has 3 aromatic carbocycles. The highest BCUT2D eigenvalue weighted by Gasteiger charge is 2.29. The molecule has 1 saturated heterocycles. The van der Waals surface area contributed by atoms with Crippen LogP contribution >= 0.6 is 0 Å². The Labute approximate surface area is 230 Å². The van der Waals surface area contributed by atoms with Crippen molar-refractivity contribution in [3.05, 3.63) is 89.5 Å². The van der Waals surface area contributed by atoms with E-state index in [4.69, 9.17) is 0 Å². The highest BCUT2D eigenvalue weighted by Crippen LogP contribution is 2.39. The molecule has 1 fully saturated rings. The Hall–Kier alpha value is -3.66. The Morgan fingerprint density at radius 2 is 1.62 bits per heavy atom. The van der Waals surface area contributed by atoms with E-state index < -0.39 is 10.0 Å². The van der Waals surface area contributed by atoms with Crippen molar-refractivity contribution in [1.82, 2.24) is 9.80 Å². The van der Waals surface area contributed by atoms with Crippen LogP contribution in [-0.2, 0) is 21.4 Å². The van der Waals surface area contributed by atoms with Gasteiger partial charge in [0.1, 0.15) is 0 Å². The van der Waals surface area contributed by atoms with E-state index in [1.165, 1.54) is 5.56 Å². The van der Waals surface area contributed by atoms with Gasteiger partial charge in [-0.1, -0.05) is 49.4 Å². The minimum absolute atomic E-state index is 0.0333. The predicted octanol–water partition coefficient (Wildman–Crippen LogP) is 4.52. The number of anilines is 3. The van der Waals surface area contributed by atoms with Gasteiger partial charge in [0.15, 0.2) is 0 Å². The Kier molecular flexibility index (Phi) is 8.02. The van der Waals surface area contributed by atoms with E-state index in [9.17, 15) is 13.2 Å². The van der Waals surface area contributed by atoms with E-state index in [0.717, 1.165) is 44.0 Å². The van der Waals surface area contributed by atoms with Gasteiger partial charge in [0, 0.05) is 55.3 Å². The summed E-state index contributed by atoms with van der Waals surface area (Å²) in [5, 5.41) is 6.43. The number of likely N-dealkylation sites (N-methyl/N-ethyl adjacent to an activating group) is 1. The fourth-order valence-electron chi connectivity index (χ4n) is 4.96. The molecule has 1 amide bonds. The molecule has 3 N–H and O–H groups in total. The fourth-order valence-corrected chi connectivity index (χ4v) is 6.09. The Bertz CT molecular complexity index is 1460. The van der Waals surface area contributed by atoms with Gasteiger partial charge in [-0.15, -0.1) is 0 Å². The van der Waals surface area contributed by atoms with Crippen LogP contribution in [0.5, 0.6) is 0 Å². The fraction of sp³-hybridized carbons (Fsp3) is 0.300. The molecule has 3 aromatic rings. The number of piperazine rings is 1. The van der Waals surface area contributed by atoms with E-state index in [0.29, 0.717) is 34.6 Å². The van der Waals surface area contributed by atoms with Crippen molar-refractivity contribution in [3.8, 4) is 0 Å². The number of sulfonamides is 1. The average Bonchev–Trinajstić information content (AvgIpc) is 3.24. The summed E-state index contributed by atoms with van der Waals surface area (Å²) >= 11 is 0. The number of hydrogen-bond acceptors (Lipinski definition) is 6. The van der Waals surface area contributed by atoms with E-state index in [2.05, 4.69) is 44.3 Å². The number of rotatable bonds is 9. The average molecular weight is 546 g/mol. The zero-order chi connectivity index (χ0) is 27.4. The molecule has 39 heavy (non-hydrogen) atoms. The van der Waals surface area contributed by atoms with Gasteiger partial charge < -0.3 is 15.5 Å². The van der Waals surface area contributed by atoms with E-state index in [1.807, 2.05) is 49.4 Å². The molecular weight excluding hydrogens is 510 g/mol. The van der Waals surface area contributed by atoms with Crippen LogP contribution in [0, 0.1) is 0 Å². The van der Waals surface area contributed by atoms with Crippen molar-refractivity contribution in [3.63, 3.8) is 0 Å². The minimum Gasteiger partial charge on any atom is -0.354 e. The van der Waals surface area contributed by atoms with Gasteiger partial charge in [0.2, 0.25) is 10.0 Å². The topological polar surface area (TPSA) is 93.8 Å². The summed E-state index contributed by atoms with van der Waals surface area (Å²) in [6.07, 6.45) is 0.516. The van der Waals surface area contributed by atoms with Crippen LogP contribution in [0.2, 0.25) is 0 Å². The smallest absolute Gasteiger partial charge is 0.258 e. The van der Waals surface area contributed by atoms with Crippen LogP contribution < -0.4 is 15.4 Å². The third-order valence-corrected chi connectivity index (χ3v) is 8.54. The van der Waals surface area contributed by atoms with Gasteiger partial charge in [-0.2, -0.15) is 0 Å². The van der Waals surface area contributed by atoms with E-state index in [-0.39, 0.29) is 11.7 Å². The molecule has 0 spiro atoms. The molecule has 0 aliphatic carbocycles. The number of hydrogen-bond donors (Lipinski definition) is 3. The van der Waals surface area contributed by atoms with Crippen molar-refractivity contribution >= 4 is 44.3 Å². The summed E-state index contributed by atoms with van der Waals surface area (Å²) in [7, 11) is -1.31. The van der Waals surface area contributed by atoms with Crippen molar-refractivity contribution in [1.29, 1.82) is 0 Å². The maximum Gasteiger partial charge on any atom is 0.258 e. The zero-order valence-corrected chi connectivity index (χ0v) is 23.2. The van der Waals surface area contributed by atoms with Gasteiger partial charge in [0.25, 0.3) is 5.91 Å². The normalized spacial score (nSPS) is 17.4. The van der Waals surface area contributed by atoms with Crippen LogP contribution in [0.1, 0.15) is 30.0 Å². The van der Waals surface area contributed by atoms with Crippen LogP contribution in [0.3, 0.4) is 0 Å². The first-order chi connectivity index (χ1) is 18.8. The van der Waals surface area contributed by atoms with Crippen LogP contribution in [0.4, 0.5) is 17.1 Å². The number of amides is 1. The lowest BCUT2D eigenvalue weighted by Gasteiger charge is -2.32. The van der Waals surface area contributed by atoms with Gasteiger partial charge >= 0.3 is 0 Å². The van der Waals surface area contributed by atoms with E-state index in [1.54, 1.807) is 18.2 Å². The summed E-state index contributed by atoms with van der Waals surface area (Å²) < 4.78 is 27.4. The predicted molar refractivity (Wildman–Crippen MR) is 159 cm³/mol. The van der Waals surface area contributed by atoms with Crippen molar-refractivity contribution in [2.45, 2.75) is 19.9 Å². The summed E-state index contributed by atoms with van der Waals surface area (Å²) in [6.45, 7) is 7.02. The number of fused-ring (bicyclic) bond motifs is 1. The SMILES string of the molecule is CCCS(=O)(=O)Nc1ccc2c(c1)/C(=C(/Nc1ccc(CN3CCN(C)CC3)cc1)c1ccccc1)C(=O)N2. The zero-order valence-electron chi connectivity index (χ0n) is 22.4. The molecule has 0 bridgehead atoms. The molecule has 2 aliphatic rings. The first kappa shape index (κ1) is 26.9. The molecule has 0 radical (unpaired) electrons. The quantitative estimate of drug-likeness (QED) is 0.343. The van der Waals surface area contributed by atoms with Crippen LogP contribution in [0.15, 0.2) is 72.8 Å². The second kappa shape index (κ2) is 11.6. The molecule has 0 saturated carbocycles. The first-order valence-corrected chi connectivity index (χ1v) is 15.0. The molecule has 0 aromatic heterocycles. The highest BCUT2D eigenvalue weighted by atomic mass is 32.2. The second-order valence-corrected chi connectivity index (χ2v) is 12.0. The Morgan fingerprint density at radius 1 is 0.923 bits per heavy atom. The largest absolute Gasteiger partial charge is 0.354 e. The standard InChI is InChI=1S/C30H35N5O3S/c1-3-19-39(37,38)33-25-13-14-27-26(20-25)28(30(36)32-27)29(23-7-5-4-6-8-23)31-24-11-9-22(10-12-24)21-35-17-15-34(2)16-18-35/h4-14,20,31,33H,3,15-19,21H2,1-2H3,(H,32,36)/b29-28-. The summed E-state index contributed by atoms with van der Waals surface area (Å²) in [5.74, 6) is -0.206. The highest BCUT2D eigenvalue weighted by molar-refractivity contribution is 7.92.